The Bertz CT molecular complexity index is 639. The van der Waals surface area contributed by atoms with Crippen molar-refractivity contribution < 1.29 is 19.1 Å². The number of esters is 1. The van der Waals surface area contributed by atoms with E-state index in [0.717, 1.165) is 12.0 Å². The number of amides is 2. The van der Waals surface area contributed by atoms with Gasteiger partial charge >= 0.3 is 12.0 Å². The molecule has 0 fully saturated rings. The largest absolute Gasteiger partial charge is 0.497 e. The molecule has 1 aliphatic heterocycles. The van der Waals surface area contributed by atoms with Crippen molar-refractivity contribution in [2.45, 2.75) is 39.3 Å². The average Bonchev–Trinajstić information content (AvgIpc) is 2.53. The van der Waals surface area contributed by atoms with Gasteiger partial charge in [-0.2, -0.15) is 0 Å². The molecule has 1 aliphatic rings. The van der Waals surface area contributed by atoms with Crippen molar-refractivity contribution in [1.82, 2.24) is 10.6 Å². The summed E-state index contributed by atoms with van der Waals surface area (Å²) in [6.45, 7) is 5.47. The molecule has 0 radical (unpaired) electrons. The zero-order chi connectivity index (χ0) is 17.0. The van der Waals surface area contributed by atoms with E-state index in [0.29, 0.717) is 17.0 Å². The van der Waals surface area contributed by atoms with Gasteiger partial charge in [0.2, 0.25) is 0 Å². The van der Waals surface area contributed by atoms with Gasteiger partial charge in [0.05, 0.1) is 24.8 Å². The van der Waals surface area contributed by atoms with Crippen LogP contribution in [0.5, 0.6) is 5.75 Å². The Morgan fingerprint density at radius 2 is 2.13 bits per heavy atom. The SMILES string of the molecule is CC[C@@H](C)OC(=O)C1=C(C)NC(=O)N[C@H]1c1cccc(OC)c1. The topological polar surface area (TPSA) is 76.7 Å². The van der Waals surface area contributed by atoms with E-state index in [9.17, 15) is 9.59 Å². The van der Waals surface area contributed by atoms with Gasteiger partial charge in [-0.05, 0) is 38.0 Å². The van der Waals surface area contributed by atoms with Crippen LogP contribution < -0.4 is 15.4 Å². The number of hydrogen-bond acceptors (Lipinski definition) is 4. The van der Waals surface area contributed by atoms with Crippen molar-refractivity contribution in [2.75, 3.05) is 7.11 Å². The number of benzene rings is 1. The van der Waals surface area contributed by atoms with E-state index in [1.807, 2.05) is 26.0 Å². The summed E-state index contributed by atoms with van der Waals surface area (Å²) in [5.74, 6) is 0.222. The highest BCUT2D eigenvalue weighted by atomic mass is 16.5. The molecule has 1 aromatic rings. The molecule has 124 valence electrons. The number of allylic oxidation sites excluding steroid dienone is 1. The first-order chi connectivity index (χ1) is 11.0. The van der Waals surface area contributed by atoms with E-state index >= 15 is 0 Å². The van der Waals surface area contributed by atoms with Gasteiger partial charge < -0.3 is 20.1 Å². The molecule has 0 saturated heterocycles. The maximum absolute atomic E-state index is 12.5. The molecule has 2 amide bonds. The van der Waals surface area contributed by atoms with E-state index in [1.54, 1.807) is 26.2 Å². The van der Waals surface area contributed by atoms with Gasteiger partial charge in [0.1, 0.15) is 5.75 Å². The second-order valence-corrected chi connectivity index (χ2v) is 5.47. The molecule has 1 aromatic carbocycles. The van der Waals surface area contributed by atoms with Crippen LogP contribution in [0.25, 0.3) is 0 Å². The van der Waals surface area contributed by atoms with E-state index in [2.05, 4.69) is 10.6 Å². The standard InChI is InChI=1S/C17H22N2O4/c1-5-10(2)23-16(20)14-11(3)18-17(21)19-15(14)12-7-6-8-13(9-12)22-4/h6-10,15H,5H2,1-4H3,(H2,18,19,21)/t10-,15+/m1/s1. The van der Waals surface area contributed by atoms with Crippen LogP contribution in [0, 0.1) is 0 Å². The normalized spacial score (nSPS) is 18.8. The van der Waals surface area contributed by atoms with Crippen LogP contribution in [0.2, 0.25) is 0 Å². The summed E-state index contributed by atoms with van der Waals surface area (Å²) in [6.07, 6.45) is 0.535. The Balaban J connectivity index is 2.39. The second kappa shape index (κ2) is 7.17. The summed E-state index contributed by atoms with van der Waals surface area (Å²) < 4.78 is 10.7. The minimum Gasteiger partial charge on any atom is -0.497 e. The fourth-order valence-corrected chi connectivity index (χ4v) is 2.37. The number of urea groups is 1. The maximum atomic E-state index is 12.5. The third kappa shape index (κ3) is 3.83. The third-order valence-electron chi connectivity index (χ3n) is 3.80. The van der Waals surface area contributed by atoms with Gasteiger partial charge in [0, 0.05) is 5.70 Å². The van der Waals surface area contributed by atoms with Crippen molar-refractivity contribution in [3.05, 3.63) is 41.1 Å². The highest BCUT2D eigenvalue weighted by Crippen LogP contribution is 2.29. The number of carbonyl (C=O) groups excluding carboxylic acids is 2. The number of rotatable bonds is 5. The summed E-state index contributed by atoms with van der Waals surface area (Å²) in [5, 5.41) is 5.40. The lowest BCUT2D eigenvalue weighted by molar-refractivity contribution is -0.144. The van der Waals surface area contributed by atoms with E-state index in [4.69, 9.17) is 9.47 Å². The molecule has 0 aliphatic carbocycles. The third-order valence-corrected chi connectivity index (χ3v) is 3.80. The van der Waals surface area contributed by atoms with E-state index in [-0.39, 0.29) is 12.1 Å². The first-order valence-electron chi connectivity index (χ1n) is 7.59. The molecule has 2 N–H and O–H groups in total. The summed E-state index contributed by atoms with van der Waals surface area (Å²) in [6, 6.07) is 6.32. The number of ether oxygens (including phenoxy) is 2. The lowest BCUT2D eigenvalue weighted by Crippen LogP contribution is -2.45. The molecular formula is C17H22N2O4. The van der Waals surface area contributed by atoms with Crippen LogP contribution in [-0.2, 0) is 9.53 Å². The Labute approximate surface area is 135 Å². The minimum atomic E-state index is -0.574. The number of carbonyl (C=O) groups is 2. The first-order valence-corrected chi connectivity index (χ1v) is 7.59. The Morgan fingerprint density at radius 1 is 1.39 bits per heavy atom. The Morgan fingerprint density at radius 3 is 2.78 bits per heavy atom. The smallest absolute Gasteiger partial charge is 0.338 e. The second-order valence-electron chi connectivity index (χ2n) is 5.47. The highest BCUT2D eigenvalue weighted by molar-refractivity contribution is 5.95. The van der Waals surface area contributed by atoms with Crippen molar-refractivity contribution >= 4 is 12.0 Å². The lowest BCUT2D eigenvalue weighted by Gasteiger charge is -2.29. The molecule has 0 bridgehead atoms. The summed E-state index contributed by atoms with van der Waals surface area (Å²) in [5.41, 5.74) is 1.66. The van der Waals surface area contributed by atoms with Crippen LogP contribution in [0.3, 0.4) is 0 Å². The molecule has 0 unspecified atom stereocenters. The van der Waals surface area contributed by atoms with Gasteiger partial charge in [-0.15, -0.1) is 0 Å². The Hall–Kier alpha value is -2.50. The van der Waals surface area contributed by atoms with E-state index in [1.165, 1.54) is 0 Å². The molecule has 6 heteroatoms. The predicted molar refractivity (Wildman–Crippen MR) is 85.9 cm³/mol. The Kier molecular flexibility index (Phi) is 5.26. The molecule has 23 heavy (non-hydrogen) atoms. The van der Waals surface area contributed by atoms with Gasteiger partial charge in [-0.25, -0.2) is 9.59 Å². The highest BCUT2D eigenvalue weighted by Gasteiger charge is 2.32. The van der Waals surface area contributed by atoms with Crippen molar-refractivity contribution in [1.29, 1.82) is 0 Å². The molecule has 0 aromatic heterocycles. The van der Waals surface area contributed by atoms with Crippen LogP contribution in [-0.4, -0.2) is 25.2 Å². The van der Waals surface area contributed by atoms with Crippen molar-refractivity contribution in [3.8, 4) is 5.75 Å². The fraction of sp³-hybridized carbons (Fsp3) is 0.412. The average molecular weight is 318 g/mol. The zero-order valence-corrected chi connectivity index (χ0v) is 13.8. The molecule has 0 saturated carbocycles. The number of nitrogens with one attached hydrogen (secondary N) is 2. The van der Waals surface area contributed by atoms with Crippen LogP contribution in [0.15, 0.2) is 35.5 Å². The summed E-state index contributed by atoms with van der Waals surface area (Å²) in [7, 11) is 1.57. The van der Waals surface area contributed by atoms with Crippen LogP contribution in [0.1, 0.15) is 38.8 Å². The molecule has 0 spiro atoms. The van der Waals surface area contributed by atoms with Crippen molar-refractivity contribution in [3.63, 3.8) is 0 Å². The van der Waals surface area contributed by atoms with Gasteiger partial charge in [-0.1, -0.05) is 19.1 Å². The first kappa shape index (κ1) is 16.9. The quantitative estimate of drug-likeness (QED) is 0.818. The summed E-state index contributed by atoms with van der Waals surface area (Å²) >= 11 is 0. The van der Waals surface area contributed by atoms with Crippen molar-refractivity contribution in [2.24, 2.45) is 0 Å². The molecule has 2 atom stereocenters. The monoisotopic (exact) mass is 318 g/mol. The number of methoxy groups -OCH3 is 1. The molecule has 2 rings (SSSR count). The lowest BCUT2D eigenvalue weighted by atomic mass is 9.95. The maximum Gasteiger partial charge on any atom is 0.338 e. The molecule has 1 heterocycles. The zero-order valence-electron chi connectivity index (χ0n) is 13.8. The van der Waals surface area contributed by atoms with E-state index < -0.39 is 12.0 Å². The molecular weight excluding hydrogens is 296 g/mol. The fourth-order valence-electron chi connectivity index (χ4n) is 2.37. The minimum absolute atomic E-state index is 0.189. The van der Waals surface area contributed by atoms with Gasteiger partial charge in [0.15, 0.2) is 0 Å². The van der Waals surface area contributed by atoms with Crippen LogP contribution >= 0.6 is 0 Å². The number of hydrogen-bond donors (Lipinski definition) is 2. The van der Waals surface area contributed by atoms with Crippen LogP contribution in [0.4, 0.5) is 4.79 Å². The predicted octanol–water partition coefficient (Wildman–Crippen LogP) is 2.66. The molecule has 6 nitrogen and oxygen atoms in total. The van der Waals surface area contributed by atoms with Gasteiger partial charge in [0.25, 0.3) is 0 Å². The van der Waals surface area contributed by atoms with Gasteiger partial charge in [-0.3, -0.25) is 0 Å². The summed E-state index contributed by atoms with van der Waals surface area (Å²) in [4.78, 5) is 24.3.